The van der Waals surface area contributed by atoms with Crippen molar-refractivity contribution < 1.29 is 4.74 Å². The van der Waals surface area contributed by atoms with Gasteiger partial charge in [0.05, 0.1) is 12.6 Å². The van der Waals surface area contributed by atoms with Crippen molar-refractivity contribution in [2.24, 2.45) is 4.99 Å². The molecule has 22 heavy (non-hydrogen) atoms. The molecule has 122 valence electrons. The third kappa shape index (κ3) is 5.13. The van der Waals surface area contributed by atoms with Crippen molar-refractivity contribution in [3.05, 3.63) is 29.8 Å². The van der Waals surface area contributed by atoms with Gasteiger partial charge in [-0.1, -0.05) is 18.2 Å². The van der Waals surface area contributed by atoms with E-state index < -0.39 is 0 Å². The summed E-state index contributed by atoms with van der Waals surface area (Å²) in [6.07, 6.45) is 5.48. The molecule has 0 radical (unpaired) electrons. The number of aliphatic imine (C=N–C) groups is 1. The van der Waals surface area contributed by atoms with Crippen LogP contribution in [0.3, 0.4) is 0 Å². The van der Waals surface area contributed by atoms with E-state index in [1.807, 2.05) is 23.9 Å². The molecule has 0 amide bonds. The molecular weight excluding hydrogens is 294 g/mol. The standard InChI is InChI=1S/C17H27N3OS/c1-3-18-17(19-11-6-7-13-22-2)20-15-10-12-21-16-9-5-4-8-14(15)16/h4-5,8-9,15H,3,6-7,10-13H2,1-2H3,(H2,18,19,20)/t15-/m1/s1. The number of thioether (sulfide) groups is 1. The zero-order valence-corrected chi connectivity index (χ0v) is 14.4. The molecule has 2 N–H and O–H groups in total. The number of unbranched alkanes of at least 4 members (excludes halogenated alkanes) is 1. The first-order valence-corrected chi connectivity index (χ1v) is 9.50. The van der Waals surface area contributed by atoms with Crippen LogP contribution in [0.2, 0.25) is 0 Å². The molecule has 1 atom stereocenters. The van der Waals surface area contributed by atoms with Crippen LogP contribution >= 0.6 is 11.8 Å². The van der Waals surface area contributed by atoms with Gasteiger partial charge < -0.3 is 15.4 Å². The number of hydrogen-bond acceptors (Lipinski definition) is 3. The molecule has 1 aromatic carbocycles. The lowest BCUT2D eigenvalue weighted by molar-refractivity contribution is 0.261. The number of guanidine groups is 1. The van der Waals surface area contributed by atoms with Crippen molar-refractivity contribution in [3.63, 3.8) is 0 Å². The predicted molar refractivity (Wildman–Crippen MR) is 96.0 cm³/mol. The summed E-state index contributed by atoms with van der Waals surface area (Å²) in [6, 6.07) is 8.53. The van der Waals surface area contributed by atoms with Gasteiger partial charge in [0.25, 0.3) is 0 Å². The molecular formula is C17H27N3OS. The van der Waals surface area contributed by atoms with E-state index in [0.29, 0.717) is 0 Å². The summed E-state index contributed by atoms with van der Waals surface area (Å²) in [5, 5.41) is 6.90. The average molecular weight is 321 g/mol. The van der Waals surface area contributed by atoms with Gasteiger partial charge in [-0.3, -0.25) is 4.99 Å². The number of nitrogens with zero attached hydrogens (tertiary/aromatic N) is 1. The van der Waals surface area contributed by atoms with Crippen LogP contribution < -0.4 is 15.4 Å². The molecule has 1 heterocycles. The summed E-state index contributed by atoms with van der Waals surface area (Å²) in [5.74, 6) is 3.11. The first-order valence-electron chi connectivity index (χ1n) is 8.10. The predicted octanol–water partition coefficient (Wildman–Crippen LogP) is 3.21. The Morgan fingerprint density at radius 1 is 1.36 bits per heavy atom. The summed E-state index contributed by atoms with van der Waals surface area (Å²) in [5.41, 5.74) is 1.22. The number of rotatable bonds is 7. The van der Waals surface area contributed by atoms with Gasteiger partial charge in [-0.05, 0) is 37.8 Å². The molecule has 1 aliphatic heterocycles. The highest BCUT2D eigenvalue weighted by Gasteiger charge is 2.21. The number of fused-ring (bicyclic) bond motifs is 1. The van der Waals surface area contributed by atoms with E-state index in [1.165, 1.54) is 17.7 Å². The maximum Gasteiger partial charge on any atom is 0.191 e. The molecule has 0 unspecified atom stereocenters. The fraction of sp³-hybridized carbons (Fsp3) is 0.588. The fourth-order valence-corrected chi connectivity index (χ4v) is 3.02. The van der Waals surface area contributed by atoms with Crippen molar-refractivity contribution >= 4 is 17.7 Å². The van der Waals surface area contributed by atoms with Gasteiger partial charge in [0.2, 0.25) is 0 Å². The van der Waals surface area contributed by atoms with Gasteiger partial charge in [0, 0.05) is 25.1 Å². The van der Waals surface area contributed by atoms with Crippen LogP contribution in [0.4, 0.5) is 0 Å². The fourth-order valence-electron chi connectivity index (χ4n) is 2.53. The number of nitrogens with one attached hydrogen (secondary N) is 2. The number of ether oxygens (including phenoxy) is 1. The quantitative estimate of drug-likeness (QED) is 0.460. The molecule has 0 saturated carbocycles. The Bertz CT molecular complexity index is 479. The maximum absolute atomic E-state index is 5.72. The SMILES string of the molecule is CCNC(=NCCCCSC)N[C@@H]1CCOc2ccccc21. The first kappa shape index (κ1) is 17.0. The highest BCUT2D eigenvalue weighted by Crippen LogP contribution is 2.31. The Balaban J connectivity index is 1.95. The molecule has 4 nitrogen and oxygen atoms in total. The normalized spacial score (nSPS) is 17.5. The van der Waals surface area contributed by atoms with Crippen LogP contribution in [0.1, 0.15) is 37.8 Å². The summed E-state index contributed by atoms with van der Waals surface area (Å²) in [7, 11) is 0. The molecule has 0 spiro atoms. The second-order valence-electron chi connectivity index (χ2n) is 5.33. The molecule has 0 fully saturated rings. The van der Waals surface area contributed by atoms with E-state index in [9.17, 15) is 0 Å². The van der Waals surface area contributed by atoms with E-state index in [1.54, 1.807) is 0 Å². The Hall–Kier alpha value is -1.36. The van der Waals surface area contributed by atoms with Gasteiger partial charge >= 0.3 is 0 Å². The number of hydrogen-bond donors (Lipinski definition) is 2. The molecule has 0 bridgehead atoms. The van der Waals surface area contributed by atoms with Gasteiger partial charge in [0.15, 0.2) is 5.96 Å². The Morgan fingerprint density at radius 2 is 2.23 bits per heavy atom. The zero-order chi connectivity index (χ0) is 15.6. The summed E-state index contributed by atoms with van der Waals surface area (Å²) >= 11 is 1.90. The van der Waals surface area contributed by atoms with Crippen molar-refractivity contribution in [1.29, 1.82) is 0 Å². The van der Waals surface area contributed by atoms with Crippen LogP contribution in [0.5, 0.6) is 5.75 Å². The minimum atomic E-state index is 0.272. The largest absolute Gasteiger partial charge is 0.493 e. The van der Waals surface area contributed by atoms with Gasteiger partial charge in [-0.25, -0.2) is 0 Å². The summed E-state index contributed by atoms with van der Waals surface area (Å²) < 4.78 is 5.72. The minimum absolute atomic E-state index is 0.272. The van der Waals surface area contributed by atoms with Crippen LogP contribution in [-0.4, -0.2) is 37.7 Å². The first-order chi connectivity index (χ1) is 10.8. The van der Waals surface area contributed by atoms with E-state index in [-0.39, 0.29) is 6.04 Å². The highest BCUT2D eigenvalue weighted by molar-refractivity contribution is 7.98. The Morgan fingerprint density at radius 3 is 3.05 bits per heavy atom. The molecule has 5 heteroatoms. The molecule has 0 aromatic heterocycles. The third-order valence-corrected chi connectivity index (χ3v) is 4.34. The van der Waals surface area contributed by atoms with E-state index in [0.717, 1.165) is 44.2 Å². The summed E-state index contributed by atoms with van der Waals surface area (Å²) in [6.45, 7) is 4.60. The van der Waals surface area contributed by atoms with E-state index >= 15 is 0 Å². The second kappa shape index (κ2) is 9.62. The molecule has 2 rings (SSSR count). The van der Waals surface area contributed by atoms with Crippen molar-refractivity contribution in [2.45, 2.75) is 32.2 Å². The van der Waals surface area contributed by atoms with E-state index in [4.69, 9.17) is 9.73 Å². The molecule has 0 saturated heterocycles. The lowest BCUT2D eigenvalue weighted by Crippen LogP contribution is -2.41. The molecule has 1 aromatic rings. The van der Waals surface area contributed by atoms with Crippen LogP contribution in [0, 0.1) is 0 Å². The minimum Gasteiger partial charge on any atom is -0.493 e. The lowest BCUT2D eigenvalue weighted by Gasteiger charge is -2.28. The van der Waals surface area contributed by atoms with Gasteiger partial charge in [-0.15, -0.1) is 0 Å². The summed E-state index contributed by atoms with van der Waals surface area (Å²) in [4.78, 5) is 4.70. The van der Waals surface area contributed by atoms with Crippen LogP contribution in [0.15, 0.2) is 29.3 Å². The molecule has 0 aliphatic carbocycles. The van der Waals surface area contributed by atoms with E-state index in [2.05, 4.69) is 35.9 Å². The highest BCUT2D eigenvalue weighted by atomic mass is 32.2. The van der Waals surface area contributed by atoms with Gasteiger partial charge in [0.1, 0.15) is 5.75 Å². The number of benzene rings is 1. The maximum atomic E-state index is 5.72. The van der Waals surface area contributed by atoms with Crippen LogP contribution in [0.25, 0.3) is 0 Å². The topological polar surface area (TPSA) is 45.7 Å². The third-order valence-electron chi connectivity index (χ3n) is 3.64. The zero-order valence-electron chi connectivity index (χ0n) is 13.6. The lowest BCUT2D eigenvalue weighted by atomic mass is 10.0. The smallest absolute Gasteiger partial charge is 0.191 e. The monoisotopic (exact) mass is 321 g/mol. The van der Waals surface area contributed by atoms with Crippen molar-refractivity contribution in [1.82, 2.24) is 10.6 Å². The Labute approximate surface area is 138 Å². The van der Waals surface area contributed by atoms with Crippen LogP contribution in [-0.2, 0) is 0 Å². The number of para-hydroxylation sites is 1. The Kier molecular flexibility index (Phi) is 7.43. The average Bonchev–Trinajstić information content (AvgIpc) is 2.55. The van der Waals surface area contributed by atoms with Crippen molar-refractivity contribution in [2.75, 3.05) is 31.7 Å². The second-order valence-corrected chi connectivity index (χ2v) is 6.32. The van der Waals surface area contributed by atoms with Crippen molar-refractivity contribution in [3.8, 4) is 5.75 Å². The molecule has 1 aliphatic rings. The van der Waals surface area contributed by atoms with Gasteiger partial charge in [-0.2, -0.15) is 11.8 Å².